The van der Waals surface area contributed by atoms with Crippen molar-refractivity contribution in [1.82, 2.24) is 10.3 Å². The molecule has 1 atom stereocenters. The molecule has 0 spiro atoms. The molecule has 32 heavy (non-hydrogen) atoms. The van der Waals surface area contributed by atoms with Gasteiger partial charge in [0.2, 0.25) is 0 Å². The molecule has 0 aliphatic carbocycles. The molecule has 3 aromatic carbocycles. The molecule has 0 radical (unpaired) electrons. The van der Waals surface area contributed by atoms with E-state index in [0.717, 1.165) is 5.56 Å². The van der Waals surface area contributed by atoms with Crippen LogP contribution in [0.5, 0.6) is 0 Å². The van der Waals surface area contributed by atoms with E-state index in [-0.39, 0.29) is 16.5 Å². The van der Waals surface area contributed by atoms with Crippen molar-refractivity contribution in [1.29, 1.82) is 0 Å². The van der Waals surface area contributed by atoms with Crippen LogP contribution >= 0.6 is 23.4 Å². The van der Waals surface area contributed by atoms with E-state index in [1.165, 1.54) is 34.5 Å². The maximum Gasteiger partial charge on any atom is 0.276 e. The largest absolute Gasteiger partial charge is 0.298 e. The van der Waals surface area contributed by atoms with Gasteiger partial charge in [0.15, 0.2) is 11.3 Å². The first-order chi connectivity index (χ1) is 15.5. The molecule has 2 aliphatic rings. The average Bonchev–Trinajstić information content (AvgIpc) is 2.78. The van der Waals surface area contributed by atoms with Crippen LogP contribution in [0.3, 0.4) is 0 Å². The molecular formula is C24H18ClFN4OS. The zero-order chi connectivity index (χ0) is 22.2. The van der Waals surface area contributed by atoms with E-state index in [4.69, 9.17) is 16.6 Å². The smallest absolute Gasteiger partial charge is 0.276 e. The number of thioether (sulfide) groups is 1. The minimum absolute atomic E-state index is 0.183. The van der Waals surface area contributed by atoms with Gasteiger partial charge in [-0.15, -0.1) is 5.10 Å². The minimum atomic E-state index is -0.894. The second-order valence-corrected chi connectivity index (χ2v) is 8.85. The van der Waals surface area contributed by atoms with Gasteiger partial charge in [-0.3, -0.25) is 15.1 Å². The normalized spacial score (nSPS) is 17.2. The van der Waals surface area contributed by atoms with E-state index in [1.807, 2.05) is 43.3 Å². The molecule has 5 rings (SSSR count). The predicted molar refractivity (Wildman–Crippen MR) is 125 cm³/mol. The molecule has 160 valence electrons. The molecule has 0 saturated carbocycles. The van der Waals surface area contributed by atoms with E-state index < -0.39 is 12.0 Å². The Bertz CT molecular complexity index is 1350. The first-order valence-corrected chi connectivity index (χ1v) is 11.4. The fourth-order valence-corrected chi connectivity index (χ4v) is 4.74. The number of rotatable bonds is 3. The maximum atomic E-state index is 14.8. The highest BCUT2D eigenvalue weighted by molar-refractivity contribution is 8.13. The quantitative estimate of drug-likeness (QED) is 0.640. The summed E-state index contributed by atoms with van der Waals surface area (Å²) >= 11 is 7.76. The van der Waals surface area contributed by atoms with Crippen molar-refractivity contribution in [2.45, 2.75) is 18.8 Å². The number of halogens is 2. The van der Waals surface area contributed by atoms with Crippen LogP contribution in [0.2, 0.25) is 5.02 Å². The van der Waals surface area contributed by atoms with Crippen molar-refractivity contribution in [2.75, 3.05) is 0 Å². The van der Waals surface area contributed by atoms with Gasteiger partial charge in [0.1, 0.15) is 11.5 Å². The molecule has 0 aromatic heterocycles. The number of hydrazone groups is 1. The second kappa shape index (κ2) is 8.41. The second-order valence-electron chi connectivity index (χ2n) is 7.48. The van der Waals surface area contributed by atoms with Gasteiger partial charge in [-0.1, -0.05) is 77.5 Å². The standard InChI is InChI=1S/C24H18ClFN4OS/c1-14-9-11-15(12-10-14)13-32-24-28-23(31)21-16-5-2-3-8-19(16)27-22(30(21)29-24)20-17(25)6-4-7-18(20)26/h2-12,22H,13H2,1H3,(H,28,29,31). The lowest BCUT2D eigenvalue weighted by molar-refractivity contribution is -0.116. The lowest BCUT2D eigenvalue weighted by Crippen LogP contribution is -2.50. The van der Waals surface area contributed by atoms with Crippen molar-refractivity contribution in [2.24, 2.45) is 10.1 Å². The third kappa shape index (κ3) is 3.78. The Morgan fingerprint density at radius 2 is 1.88 bits per heavy atom. The summed E-state index contributed by atoms with van der Waals surface area (Å²) in [5, 5.41) is 10.9. The number of benzene rings is 3. The zero-order valence-corrected chi connectivity index (χ0v) is 18.6. The summed E-state index contributed by atoms with van der Waals surface area (Å²) in [5.41, 5.74) is 2.79. The lowest BCUT2D eigenvalue weighted by Gasteiger charge is -2.34. The van der Waals surface area contributed by atoms with Gasteiger partial charge >= 0.3 is 0 Å². The number of hydrogen-bond donors (Lipinski definition) is 1. The van der Waals surface area contributed by atoms with Crippen molar-refractivity contribution >= 4 is 40.1 Å². The number of carbonyl (C=O) groups excluding carboxylic acids is 1. The predicted octanol–water partition coefficient (Wildman–Crippen LogP) is 3.86. The van der Waals surface area contributed by atoms with E-state index in [2.05, 4.69) is 10.4 Å². The van der Waals surface area contributed by atoms with Gasteiger partial charge in [0.25, 0.3) is 5.91 Å². The minimum Gasteiger partial charge on any atom is -0.298 e. The molecule has 0 bridgehead atoms. The molecule has 0 saturated heterocycles. The number of amidine groups is 1. The highest BCUT2D eigenvalue weighted by Gasteiger charge is 2.36. The van der Waals surface area contributed by atoms with Gasteiger partial charge in [0, 0.05) is 11.0 Å². The summed E-state index contributed by atoms with van der Waals surface area (Å²) in [4.78, 5) is 17.9. The Morgan fingerprint density at radius 1 is 1.09 bits per heavy atom. The molecule has 1 N–H and O–H groups in total. The summed E-state index contributed by atoms with van der Waals surface area (Å²) in [6.45, 7) is 2.03. The Hall–Kier alpha value is -3.16. The van der Waals surface area contributed by atoms with Gasteiger partial charge in [0.05, 0.1) is 15.9 Å². The number of aryl methyl sites for hydroxylation is 1. The molecule has 2 heterocycles. The maximum absolute atomic E-state index is 14.8. The molecule has 2 aliphatic heterocycles. The van der Waals surface area contributed by atoms with Gasteiger partial charge in [-0.05, 0) is 30.7 Å². The highest BCUT2D eigenvalue weighted by atomic mass is 35.5. The summed E-state index contributed by atoms with van der Waals surface area (Å²) in [6.07, 6.45) is -0.894. The van der Waals surface area contributed by atoms with Crippen LogP contribution in [0.1, 0.15) is 22.9 Å². The monoisotopic (exact) mass is 464 g/mol. The fourth-order valence-electron chi connectivity index (χ4n) is 3.67. The van der Waals surface area contributed by atoms with Crippen LogP contribution in [0, 0.1) is 12.7 Å². The first kappa shape index (κ1) is 20.7. The highest BCUT2D eigenvalue weighted by Crippen LogP contribution is 2.36. The van der Waals surface area contributed by atoms with Gasteiger partial charge in [-0.2, -0.15) is 0 Å². The number of amides is 1. The molecule has 0 fully saturated rings. The number of para-hydroxylation sites is 1. The molecule has 5 nitrogen and oxygen atoms in total. The van der Waals surface area contributed by atoms with Crippen molar-refractivity contribution in [3.63, 3.8) is 0 Å². The van der Waals surface area contributed by atoms with Gasteiger partial charge in [-0.25, -0.2) is 9.40 Å². The van der Waals surface area contributed by atoms with Crippen LogP contribution in [0.4, 0.5) is 4.39 Å². The Morgan fingerprint density at radius 3 is 2.66 bits per heavy atom. The van der Waals surface area contributed by atoms with Crippen molar-refractivity contribution in [3.05, 3.63) is 105 Å². The number of hydrogen-bond acceptors (Lipinski definition) is 5. The SMILES string of the molecule is Cc1ccc(CSC2=NN3C(=c4ccccc4=NC3c3c(F)cccc3Cl)C(=O)N2)cc1. The van der Waals surface area contributed by atoms with E-state index in [9.17, 15) is 9.18 Å². The van der Waals surface area contributed by atoms with Crippen LogP contribution in [0.25, 0.3) is 5.70 Å². The molecule has 1 amide bonds. The average molecular weight is 465 g/mol. The van der Waals surface area contributed by atoms with E-state index in [1.54, 1.807) is 18.2 Å². The number of nitrogens with one attached hydrogen (secondary N) is 1. The van der Waals surface area contributed by atoms with Crippen molar-refractivity contribution < 1.29 is 9.18 Å². The molecule has 1 unspecified atom stereocenters. The van der Waals surface area contributed by atoms with Crippen LogP contribution in [0.15, 0.2) is 76.8 Å². The van der Waals surface area contributed by atoms with Crippen LogP contribution in [-0.4, -0.2) is 16.1 Å². The lowest BCUT2D eigenvalue weighted by atomic mass is 10.1. The van der Waals surface area contributed by atoms with Gasteiger partial charge < -0.3 is 0 Å². The van der Waals surface area contributed by atoms with Crippen LogP contribution in [-0.2, 0) is 10.5 Å². The summed E-state index contributed by atoms with van der Waals surface area (Å²) < 4.78 is 14.8. The summed E-state index contributed by atoms with van der Waals surface area (Å²) in [6, 6.07) is 19.9. The molecular weight excluding hydrogens is 447 g/mol. The number of nitrogens with zero attached hydrogens (tertiary/aromatic N) is 3. The Kier molecular flexibility index (Phi) is 5.45. The van der Waals surface area contributed by atoms with E-state index >= 15 is 0 Å². The third-order valence-electron chi connectivity index (χ3n) is 5.27. The summed E-state index contributed by atoms with van der Waals surface area (Å²) in [7, 11) is 0. The van der Waals surface area contributed by atoms with Crippen molar-refractivity contribution in [3.8, 4) is 0 Å². The Labute approximate surface area is 193 Å². The third-order valence-corrected chi connectivity index (χ3v) is 6.53. The number of fused-ring (bicyclic) bond motifs is 2. The Balaban J connectivity index is 1.59. The zero-order valence-electron chi connectivity index (χ0n) is 17.0. The first-order valence-electron chi connectivity index (χ1n) is 10.00. The van der Waals surface area contributed by atoms with E-state index in [0.29, 0.717) is 27.2 Å². The topological polar surface area (TPSA) is 57.1 Å². The molecule has 8 heteroatoms. The summed E-state index contributed by atoms with van der Waals surface area (Å²) in [5.74, 6) is -0.187. The van der Waals surface area contributed by atoms with Crippen LogP contribution < -0.4 is 15.9 Å². The number of carbonyl (C=O) groups is 1. The molecule has 3 aromatic rings. The fraction of sp³-hybridized carbons (Fsp3) is 0.125.